The lowest BCUT2D eigenvalue weighted by atomic mass is 9.64. The molecule has 8 rings (SSSR count). The first-order chi connectivity index (χ1) is 19.2. The molecule has 2 fully saturated rings. The fraction of sp³-hybridized carbons (Fsp3) is 0.429. The van der Waals surface area contributed by atoms with Crippen LogP contribution in [-0.2, 0) is 6.42 Å². The van der Waals surface area contributed by atoms with Gasteiger partial charge in [-0.05, 0) is 102 Å². The van der Waals surface area contributed by atoms with Crippen molar-refractivity contribution in [3.63, 3.8) is 0 Å². The van der Waals surface area contributed by atoms with Crippen molar-refractivity contribution in [3.05, 3.63) is 88.3 Å². The number of pyridine rings is 1. The van der Waals surface area contributed by atoms with Gasteiger partial charge in [-0.1, -0.05) is 48.4 Å². The van der Waals surface area contributed by atoms with Gasteiger partial charge in [0.2, 0.25) is 0 Å². The number of anilines is 1. The van der Waals surface area contributed by atoms with E-state index in [2.05, 4.69) is 65.4 Å². The predicted molar refractivity (Wildman–Crippen MR) is 166 cm³/mol. The van der Waals surface area contributed by atoms with Gasteiger partial charge in [-0.25, -0.2) is 0 Å². The van der Waals surface area contributed by atoms with Crippen LogP contribution in [0, 0.1) is 18.8 Å². The number of allylic oxidation sites excluding steroid dienone is 4. The molecule has 0 bridgehead atoms. The van der Waals surface area contributed by atoms with Gasteiger partial charge in [-0.3, -0.25) is 9.98 Å². The highest BCUT2D eigenvalue weighted by Crippen LogP contribution is 2.50. The van der Waals surface area contributed by atoms with Crippen molar-refractivity contribution in [2.24, 2.45) is 16.8 Å². The van der Waals surface area contributed by atoms with Gasteiger partial charge in [0.05, 0.1) is 16.9 Å². The van der Waals surface area contributed by atoms with Crippen molar-refractivity contribution in [2.45, 2.75) is 57.8 Å². The Morgan fingerprint density at radius 2 is 1.92 bits per heavy atom. The van der Waals surface area contributed by atoms with E-state index in [0.717, 1.165) is 42.9 Å². The first-order valence-corrected chi connectivity index (χ1v) is 16.1. The van der Waals surface area contributed by atoms with E-state index in [1.807, 2.05) is 18.0 Å². The van der Waals surface area contributed by atoms with Crippen molar-refractivity contribution in [1.29, 1.82) is 0 Å². The third-order valence-electron chi connectivity index (χ3n) is 10.1. The largest absolute Gasteiger partial charge is 0.370 e. The van der Waals surface area contributed by atoms with E-state index in [1.165, 1.54) is 83.1 Å². The fourth-order valence-electron chi connectivity index (χ4n) is 7.88. The lowest BCUT2D eigenvalue weighted by Crippen LogP contribution is -2.29. The second-order valence-electron chi connectivity index (χ2n) is 12.2. The first kappa shape index (κ1) is 24.0. The summed E-state index contributed by atoms with van der Waals surface area (Å²) in [5.41, 5.74) is 11.7. The van der Waals surface area contributed by atoms with Crippen LogP contribution in [0.5, 0.6) is 0 Å². The number of aliphatic imine (C=N–C) groups is 1. The number of thioether (sulfide) groups is 1. The van der Waals surface area contributed by atoms with Crippen molar-refractivity contribution < 1.29 is 0 Å². The molecule has 0 N–H and O–H groups in total. The minimum absolute atomic E-state index is 0.518. The van der Waals surface area contributed by atoms with Gasteiger partial charge in [0, 0.05) is 42.6 Å². The monoisotopic (exact) mass is 531 g/mol. The number of aryl methyl sites for hydroxylation is 1. The van der Waals surface area contributed by atoms with Crippen molar-refractivity contribution in [1.82, 2.24) is 4.98 Å². The average Bonchev–Trinajstić information content (AvgIpc) is 3.65. The third-order valence-corrected chi connectivity index (χ3v) is 11.1. The Balaban J connectivity index is 1.24. The number of benzene rings is 2. The predicted octanol–water partition coefficient (Wildman–Crippen LogP) is 8.11. The Hall–Kier alpha value is -2.85. The number of nitrogens with zero attached hydrogens (tertiary/aromatic N) is 3. The summed E-state index contributed by atoms with van der Waals surface area (Å²) >= 11 is 1.96. The topological polar surface area (TPSA) is 28.5 Å². The Morgan fingerprint density at radius 1 is 1.00 bits per heavy atom. The Bertz CT molecular complexity index is 1540. The average molecular weight is 532 g/mol. The standard InChI is InChI=1S/C35H37N3S/c1-22-9-10-25(20-37-22)38-17-15-24(21-38)26-11-12-30-31(34(26)35-36-16-18-39-35)14-13-29-27-7-2-3-8-28(27)32(19-33(29)30)23-5-4-6-23/h2,7,9-14,20,23-24,32H,3-6,8,15-19,21H2,1H3. The molecule has 3 nitrogen and oxygen atoms in total. The number of fused-ring (bicyclic) bond motifs is 4. The summed E-state index contributed by atoms with van der Waals surface area (Å²) in [6.07, 6.45) is 16.0. The minimum Gasteiger partial charge on any atom is -0.370 e. The molecular weight excluding hydrogens is 494 g/mol. The van der Waals surface area contributed by atoms with E-state index in [-0.39, 0.29) is 0 Å². The smallest absolute Gasteiger partial charge is 0.0986 e. The highest BCUT2D eigenvalue weighted by atomic mass is 32.2. The molecule has 2 aliphatic heterocycles. The van der Waals surface area contributed by atoms with Gasteiger partial charge in [0.1, 0.15) is 0 Å². The van der Waals surface area contributed by atoms with E-state index < -0.39 is 0 Å². The normalized spacial score (nSPS) is 24.6. The molecule has 3 aliphatic carbocycles. The molecule has 3 aromatic rings. The fourth-order valence-corrected chi connectivity index (χ4v) is 8.81. The van der Waals surface area contributed by atoms with Gasteiger partial charge < -0.3 is 4.90 Å². The van der Waals surface area contributed by atoms with Crippen molar-refractivity contribution >= 4 is 38.8 Å². The van der Waals surface area contributed by atoms with Crippen molar-refractivity contribution in [3.8, 4) is 0 Å². The second-order valence-corrected chi connectivity index (χ2v) is 13.3. The van der Waals surface area contributed by atoms with Crippen LogP contribution in [0.4, 0.5) is 5.69 Å². The second kappa shape index (κ2) is 9.66. The summed E-state index contributed by atoms with van der Waals surface area (Å²) in [5, 5.41) is 4.19. The van der Waals surface area contributed by atoms with E-state index in [9.17, 15) is 0 Å². The van der Waals surface area contributed by atoms with E-state index in [0.29, 0.717) is 5.92 Å². The van der Waals surface area contributed by atoms with Crippen LogP contribution in [0.15, 0.2) is 65.3 Å². The van der Waals surface area contributed by atoms with Crippen LogP contribution in [0.2, 0.25) is 0 Å². The highest BCUT2D eigenvalue weighted by molar-refractivity contribution is 8.14. The van der Waals surface area contributed by atoms with Gasteiger partial charge in [0.15, 0.2) is 0 Å². The molecule has 39 heavy (non-hydrogen) atoms. The molecule has 0 spiro atoms. The molecule has 1 saturated heterocycles. The highest BCUT2D eigenvalue weighted by Gasteiger charge is 2.36. The van der Waals surface area contributed by atoms with Crippen LogP contribution in [0.1, 0.15) is 72.4 Å². The van der Waals surface area contributed by atoms with Gasteiger partial charge in [-0.2, -0.15) is 0 Å². The van der Waals surface area contributed by atoms with Crippen LogP contribution >= 0.6 is 11.8 Å². The van der Waals surface area contributed by atoms with Crippen molar-refractivity contribution in [2.75, 3.05) is 30.3 Å². The molecule has 198 valence electrons. The first-order valence-electron chi connectivity index (χ1n) is 15.1. The van der Waals surface area contributed by atoms with E-state index in [4.69, 9.17) is 4.99 Å². The van der Waals surface area contributed by atoms with Gasteiger partial charge in [0.25, 0.3) is 0 Å². The molecule has 2 atom stereocenters. The number of aromatic nitrogens is 1. The number of hydrogen-bond donors (Lipinski definition) is 0. The molecular formula is C35H37N3S. The molecule has 1 saturated carbocycles. The third kappa shape index (κ3) is 4.01. The van der Waals surface area contributed by atoms with Gasteiger partial charge >= 0.3 is 0 Å². The van der Waals surface area contributed by atoms with Gasteiger partial charge in [-0.15, -0.1) is 11.8 Å². The zero-order valence-corrected chi connectivity index (χ0v) is 23.8. The lowest BCUT2D eigenvalue weighted by molar-refractivity contribution is 0.227. The van der Waals surface area contributed by atoms with E-state index in [1.54, 1.807) is 16.7 Å². The van der Waals surface area contributed by atoms with E-state index >= 15 is 0 Å². The number of hydrogen-bond acceptors (Lipinski definition) is 4. The molecule has 0 amide bonds. The summed E-state index contributed by atoms with van der Waals surface area (Å²) in [6.45, 7) is 5.14. The maximum absolute atomic E-state index is 5.05. The summed E-state index contributed by atoms with van der Waals surface area (Å²) in [7, 11) is 0. The molecule has 1 aromatic heterocycles. The molecule has 2 unspecified atom stereocenters. The maximum Gasteiger partial charge on any atom is 0.0986 e. The Kier molecular flexibility index (Phi) is 5.94. The van der Waals surface area contributed by atoms with Crippen LogP contribution < -0.4 is 4.90 Å². The lowest BCUT2D eigenvalue weighted by Gasteiger charge is -2.41. The van der Waals surface area contributed by atoms with Crippen LogP contribution in [-0.4, -0.2) is 35.4 Å². The Morgan fingerprint density at radius 3 is 2.72 bits per heavy atom. The van der Waals surface area contributed by atoms with Crippen LogP contribution in [0.25, 0.3) is 16.3 Å². The molecule has 5 aliphatic rings. The van der Waals surface area contributed by atoms with Crippen LogP contribution in [0.3, 0.4) is 0 Å². The summed E-state index contributed by atoms with van der Waals surface area (Å²) < 4.78 is 0. The Labute approximate surface area is 236 Å². The molecule has 3 heterocycles. The summed E-state index contributed by atoms with van der Waals surface area (Å²) in [5.74, 6) is 3.25. The summed E-state index contributed by atoms with van der Waals surface area (Å²) in [4.78, 5) is 12.1. The molecule has 4 heteroatoms. The minimum atomic E-state index is 0.518. The maximum atomic E-state index is 5.05. The SMILES string of the molecule is Cc1ccc(N2CCC(c3ccc4c5c(ccc4c3C3=NCCS3)C3=C(CCC=C3)C(C3CCC3)C5)C2)cn1. The summed E-state index contributed by atoms with van der Waals surface area (Å²) in [6, 6.07) is 14.2. The zero-order chi connectivity index (χ0) is 25.9. The number of rotatable bonds is 4. The zero-order valence-electron chi connectivity index (χ0n) is 23.0. The quantitative estimate of drug-likeness (QED) is 0.340. The molecule has 0 radical (unpaired) electrons. The molecule has 2 aromatic carbocycles.